The van der Waals surface area contributed by atoms with E-state index in [0.717, 1.165) is 12.3 Å². The number of nitro groups is 1. The molecule has 2 aromatic carbocycles. The number of rotatable bonds is 5. The van der Waals surface area contributed by atoms with Crippen LogP contribution in [0.2, 0.25) is 0 Å². The highest BCUT2D eigenvalue weighted by molar-refractivity contribution is 5.95. The molecule has 0 radical (unpaired) electrons. The number of hydrazone groups is 1. The Hall–Kier alpha value is -3.49. The Bertz CT molecular complexity index is 823. The van der Waals surface area contributed by atoms with Gasteiger partial charge in [-0.2, -0.15) is 5.10 Å². The Morgan fingerprint density at radius 2 is 2.08 bits per heavy atom. The van der Waals surface area contributed by atoms with E-state index in [2.05, 4.69) is 10.5 Å². The first kappa shape index (κ1) is 16.9. The van der Waals surface area contributed by atoms with Gasteiger partial charge in [0.25, 0.3) is 5.91 Å². The second kappa shape index (κ2) is 7.18. The van der Waals surface area contributed by atoms with Crippen LogP contribution in [0.4, 0.5) is 10.1 Å². The average molecular weight is 333 g/mol. The van der Waals surface area contributed by atoms with Crippen molar-refractivity contribution in [1.29, 1.82) is 0 Å². The van der Waals surface area contributed by atoms with Crippen LogP contribution in [0.15, 0.2) is 41.5 Å². The summed E-state index contributed by atoms with van der Waals surface area (Å²) in [5, 5.41) is 24.3. The fraction of sp³-hybridized carbons (Fsp3) is 0.0667. The fourth-order valence-corrected chi connectivity index (χ4v) is 1.94. The van der Waals surface area contributed by atoms with Crippen molar-refractivity contribution in [1.82, 2.24) is 5.43 Å². The maximum Gasteiger partial charge on any atom is 0.323 e. The number of nitrogens with zero attached hydrogens (tertiary/aromatic N) is 2. The third kappa shape index (κ3) is 3.46. The minimum Gasteiger partial charge on any atom is -0.504 e. The van der Waals surface area contributed by atoms with Crippen LogP contribution < -0.4 is 10.2 Å². The summed E-state index contributed by atoms with van der Waals surface area (Å²) in [5.74, 6) is -2.26. The van der Waals surface area contributed by atoms with E-state index < -0.39 is 28.1 Å². The van der Waals surface area contributed by atoms with Gasteiger partial charge < -0.3 is 9.84 Å². The lowest BCUT2D eigenvalue weighted by atomic mass is 10.1. The smallest absolute Gasteiger partial charge is 0.323 e. The van der Waals surface area contributed by atoms with Gasteiger partial charge in [0.1, 0.15) is 5.82 Å². The van der Waals surface area contributed by atoms with Gasteiger partial charge in [0.2, 0.25) is 5.75 Å². The van der Waals surface area contributed by atoms with Crippen LogP contribution in [0, 0.1) is 15.9 Å². The highest BCUT2D eigenvalue weighted by Gasteiger charge is 2.23. The Labute approximate surface area is 135 Å². The number of carbonyl (C=O) groups excluding carboxylic acids is 1. The molecule has 0 saturated heterocycles. The Morgan fingerprint density at radius 1 is 1.38 bits per heavy atom. The predicted molar refractivity (Wildman–Crippen MR) is 82.8 cm³/mol. The van der Waals surface area contributed by atoms with E-state index in [9.17, 15) is 24.4 Å². The number of nitro benzene ring substituents is 1. The minimum absolute atomic E-state index is 0.0107. The number of hydrogen-bond acceptors (Lipinski definition) is 6. The number of nitrogens with one attached hydrogen (secondary N) is 1. The van der Waals surface area contributed by atoms with Gasteiger partial charge in [-0.15, -0.1) is 0 Å². The zero-order chi connectivity index (χ0) is 17.7. The summed E-state index contributed by atoms with van der Waals surface area (Å²) in [6, 6.07) is 7.72. The number of aromatic hydroxyl groups is 1. The highest BCUT2D eigenvalue weighted by atomic mass is 19.1. The first-order chi connectivity index (χ1) is 11.5. The van der Waals surface area contributed by atoms with Crippen molar-refractivity contribution in [2.75, 3.05) is 7.11 Å². The van der Waals surface area contributed by atoms with Gasteiger partial charge in [-0.05, 0) is 24.3 Å². The topological polar surface area (TPSA) is 114 Å². The lowest BCUT2D eigenvalue weighted by Crippen LogP contribution is -2.19. The SMILES string of the molecule is COc1c(O)ccc(/C=N\NC(=O)c2ccccc2F)c1[N+](=O)[O-]. The first-order valence-corrected chi connectivity index (χ1v) is 6.58. The van der Waals surface area contributed by atoms with E-state index in [1.165, 1.54) is 37.4 Å². The van der Waals surface area contributed by atoms with Crippen LogP contribution in [-0.2, 0) is 0 Å². The summed E-state index contributed by atoms with van der Waals surface area (Å²) < 4.78 is 18.3. The standard InChI is InChI=1S/C15H12FN3O5/c1-24-14-12(20)7-6-9(13(14)19(22)23)8-17-18-15(21)10-4-2-3-5-11(10)16/h2-8,20H,1H3,(H,18,21)/b17-8-. The van der Waals surface area contributed by atoms with Gasteiger partial charge in [0, 0.05) is 0 Å². The molecule has 0 aromatic heterocycles. The van der Waals surface area contributed by atoms with E-state index in [4.69, 9.17) is 4.74 Å². The van der Waals surface area contributed by atoms with E-state index >= 15 is 0 Å². The molecule has 2 rings (SSSR count). The second-order valence-electron chi connectivity index (χ2n) is 4.49. The van der Waals surface area contributed by atoms with Crippen LogP contribution in [-0.4, -0.2) is 29.3 Å². The average Bonchev–Trinajstić information content (AvgIpc) is 2.55. The third-order valence-electron chi connectivity index (χ3n) is 3.02. The second-order valence-corrected chi connectivity index (χ2v) is 4.49. The van der Waals surface area contributed by atoms with E-state index in [0.29, 0.717) is 0 Å². The quantitative estimate of drug-likeness (QED) is 0.495. The molecule has 0 fully saturated rings. The van der Waals surface area contributed by atoms with Gasteiger partial charge >= 0.3 is 5.69 Å². The largest absolute Gasteiger partial charge is 0.504 e. The molecule has 124 valence electrons. The monoisotopic (exact) mass is 333 g/mol. The number of carbonyl (C=O) groups is 1. The first-order valence-electron chi connectivity index (χ1n) is 6.58. The molecular weight excluding hydrogens is 321 g/mol. The van der Waals surface area contributed by atoms with Crippen molar-refractivity contribution >= 4 is 17.8 Å². The van der Waals surface area contributed by atoms with E-state index in [1.807, 2.05) is 0 Å². The molecule has 0 saturated carbocycles. The molecule has 0 spiro atoms. The molecule has 2 N–H and O–H groups in total. The van der Waals surface area contributed by atoms with Gasteiger partial charge in [-0.3, -0.25) is 14.9 Å². The number of methoxy groups -OCH3 is 1. The van der Waals surface area contributed by atoms with Crippen LogP contribution >= 0.6 is 0 Å². The number of halogens is 1. The van der Waals surface area contributed by atoms with Crippen LogP contribution in [0.3, 0.4) is 0 Å². The molecule has 0 atom stereocenters. The van der Waals surface area contributed by atoms with Crippen molar-refractivity contribution < 1.29 is 24.0 Å². The van der Waals surface area contributed by atoms with Crippen molar-refractivity contribution in [2.24, 2.45) is 5.10 Å². The summed E-state index contributed by atoms with van der Waals surface area (Å²) in [5.41, 5.74) is 1.33. The molecule has 0 heterocycles. The normalized spacial score (nSPS) is 10.6. The number of amides is 1. The number of phenols is 1. The number of benzene rings is 2. The molecule has 2 aromatic rings. The van der Waals surface area contributed by atoms with Gasteiger partial charge in [-0.1, -0.05) is 12.1 Å². The minimum atomic E-state index is -0.808. The van der Waals surface area contributed by atoms with Crippen molar-refractivity contribution in [3.05, 3.63) is 63.5 Å². The van der Waals surface area contributed by atoms with Crippen molar-refractivity contribution in [3.8, 4) is 11.5 Å². The summed E-state index contributed by atoms with van der Waals surface area (Å²) in [7, 11) is 1.17. The molecule has 1 amide bonds. The van der Waals surface area contributed by atoms with Crippen molar-refractivity contribution in [2.45, 2.75) is 0 Å². The number of phenolic OH excluding ortho intramolecular Hbond substituents is 1. The molecule has 0 unspecified atom stereocenters. The van der Waals surface area contributed by atoms with E-state index in [-0.39, 0.29) is 16.9 Å². The fourth-order valence-electron chi connectivity index (χ4n) is 1.94. The molecule has 0 aliphatic heterocycles. The van der Waals surface area contributed by atoms with E-state index in [1.54, 1.807) is 0 Å². The molecule has 0 bridgehead atoms. The Kier molecular flexibility index (Phi) is 5.05. The Balaban J connectivity index is 2.25. The maximum absolute atomic E-state index is 13.5. The van der Waals surface area contributed by atoms with Gasteiger partial charge in [0.15, 0.2) is 5.75 Å². The van der Waals surface area contributed by atoms with Crippen LogP contribution in [0.5, 0.6) is 11.5 Å². The highest BCUT2D eigenvalue weighted by Crippen LogP contribution is 2.37. The lowest BCUT2D eigenvalue weighted by Gasteiger charge is -2.06. The maximum atomic E-state index is 13.5. The summed E-state index contributed by atoms with van der Waals surface area (Å²) in [4.78, 5) is 22.2. The van der Waals surface area contributed by atoms with Gasteiger partial charge in [0.05, 0.1) is 29.4 Å². The number of ether oxygens (including phenoxy) is 1. The lowest BCUT2D eigenvalue weighted by molar-refractivity contribution is -0.386. The molecule has 0 aliphatic carbocycles. The zero-order valence-electron chi connectivity index (χ0n) is 12.4. The third-order valence-corrected chi connectivity index (χ3v) is 3.02. The van der Waals surface area contributed by atoms with Gasteiger partial charge in [-0.25, -0.2) is 9.82 Å². The molecule has 24 heavy (non-hydrogen) atoms. The summed E-state index contributed by atoms with van der Waals surface area (Å²) >= 11 is 0. The molecule has 8 nitrogen and oxygen atoms in total. The summed E-state index contributed by atoms with van der Waals surface area (Å²) in [6.07, 6.45) is 0.999. The predicted octanol–water partition coefficient (Wildman–Crippen LogP) is 2.21. The van der Waals surface area contributed by atoms with Crippen LogP contribution in [0.1, 0.15) is 15.9 Å². The molecule has 9 heteroatoms. The van der Waals surface area contributed by atoms with Crippen LogP contribution in [0.25, 0.3) is 0 Å². The Morgan fingerprint density at radius 3 is 2.71 bits per heavy atom. The molecule has 0 aliphatic rings. The number of hydrogen-bond donors (Lipinski definition) is 2. The summed E-state index contributed by atoms with van der Waals surface area (Å²) in [6.45, 7) is 0. The van der Waals surface area contributed by atoms with Crippen molar-refractivity contribution in [3.63, 3.8) is 0 Å². The molecular formula is C15H12FN3O5. The zero-order valence-corrected chi connectivity index (χ0v) is 12.4.